The van der Waals surface area contributed by atoms with Crippen LogP contribution in [0.4, 0.5) is 0 Å². The first-order valence-electron chi connectivity index (χ1n) is 16.0. The maximum atomic E-state index is 6.65. The van der Waals surface area contributed by atoms with Crippen LogP contribution in [0.15, 0.2) is 0 Å². The van der Waals surface area contributed by atoms with Gasteiger partial charge < -0.3 is 69.6 Å². The number of hydrogen-bond acceptors (Lipinski definition) is 16. The van der Waals surface area contributed by atoms with E-state index in [1.807, 2.05) is 0 Å². The van der Waals surface area contributed by atoms with Crippen molar-refractivity contribution in [2.24, 2.45) is 0 Å². The van der Waals surface area contributed by atoms with Crippen molar-refractivity contribution in [3.8, 4) is 0 Å². The van der Waals surface area contributed by atoms with Gasteiger partial charge in [0.25, 0.3) is 0 Å². The summed E-state index contributed by atoms with van der Waals surface area (Å²) in [7, 11) is -21.0. The van der Waals surface area contributed by atoms with Crippen molar-refractivity contribution in [1.82, 2.24) is 0 Å². The summed E-state index contributed by atoms with van der Waals surface area (Å²) in [6.45, 7) is 23.3. The van der Waals surface area contributed by atoms with Gasteiger partial charge in [-0.05, 0) is 83.1 Å². The highest BCUT2D eigenvalue weighted by Gasteiger charge is 2.71. The van der Waals surface area contributed by atoms with Crippen molar-refractivity contribution in [2.75, 3.05) is 79.3 Å². The first-order valence-corrected chi connectivity index (χ1v) is 24.2. The van der Waals surface area contributed by atoms with Gasteiger partial charge in [-0.1, -0.05) is 0 Å². The normalized spacial score (nSPS) is 13.6. The second-order valence-corrected chi connectivity index (χ2v) is 19.8. The smallest absolute Gasteiger partial charge is 0.352 e. The van der Waals surface area contributed by atoms with Crippen LogP contribution in [0.3, 0.4) is 0 Å². The molecule has 272 valence electrons. The fraction of sp³-hybridized carbons (Fsp3) is 1.00. The highest BCUT2D eigenvalue weighted by molar-refractivity contribution is 6.79. The molecule has 0 atom stereocenters. The van der Waals surface area contributed by atoms with Crippen LogP contribution in [-0.4, -0.2) is 125 Å². The van der Waals surface area contributed by atoms with E-state index in [4.69, 9.17) is 69.6 Å². The summed E-state index contributed by atoms with van der Waals surface area (Å²) in [5, 5.41) is 0. The summed E-state index contributed by atoms with van der Waals surface area (Å²) in [5.41, 5.74) is 0. The number of rotatable bonds is 32. The van der Waals surface area contributed by atoms with Gasteiger partial charge in [0.2, 0.25) is 0 Å². The molecule has 0 aliphatic carbocycles. The van der Waals surface area contributed by atoms with Crippen LogP contribution < -0.4 is 0 Å². The predicted octanol–water partition coefficient (Wildman–Crippen LogP) is 3.67. The Balaban J connectivity index is 7.38. The molecule has 0 spiro atoms. The van der Waals surface area contributed by atoms with Gasteiger partial charge in [0.05, 0.1) is 0 Å². The standard InChI is InChI=1S/C24H60O16Si5/c1-13-25-41(26-14-2,27-15-3)37-43(31-19-7,32-20-8)39-45(35-23-11,36-24-12)40-44(33-21-9,34-22-10)38-42(28-16-4,29-17-5)30-18-6/h13-24H2,1-12H3. The zero-order chi connectivity index (χ0) is 34.3. The summed E-state index contributed by atoms with van der Waals surface area (Å²) in [5.74, 6) is 0. The molecule has 0 N–H and O–H groups in total. The molecule has 0 radical (unpaired) electrons. The lowest BCUT2D eigenvalue weighted by Gasteiger charge is -2.41. The van der Waals surface area contributed by atoms with Crippen LogP contribution in [0.1, 0.15) is 83.1 Å². The van der Waals surface area contributed by atoms with Crippen LogP contribution in [-0.2, 0) is 69.6 Å². The average molecular weight is 745 g/mol. The minimum absolute atomic E-state index is 0.0909. The largest absolute Gasteiger partial charge is 0.673 e. The van der Waals surface area contributed by atoms with Crippen molar-refractivity contribution in [1.29, 1.82) is 0 Å². The zero-order valence-electron chi connectivity index (χ0n) is 29.5. The second-order valence-electron chi connectivity index (χ2n) is 8.10. The molecule has 0 saturated heterocycles. The molecule has 0 aromatic rings. The van der Waals surface area contributed by atoms with Crippen molar-refractivity contribution in [3.63, 3.8) is 0 Å². The molecule has 21 heteroatoms. The van der Waals surface area contributed by atoms with Gasteiger partial charge in [0.1, 0.15) is 0 Å². The van der Waals surface area contributed by atoms with Crippen LogP contribution in [0, 0.1) is 0 Å². The van der Waals surface area contributed by atoms with Gasteiger partial charge in [-0.2, -0.15) is 0 Å². The Kier molecular flexibility index (Phi) is 24.8. The Labute approximate surface area is 276 Å². The third-order valence-electron chi connectivity index (χ3n) is 4.85. The monoisotopic (exact) mass is 744 g/mol. The van der Waals surface area contributed by atoms with Gasteiger partial charge in [0, 0.05) is 79.3 Å². The molecule has 16 nitrogen and oxygen atoms in total. The molecule has 0 fully saturated rings. The maximum Gasteiger partial charge on any atom is 0.673 e. The summed E-state index contributed by atoms with van der Waals surface area (Å²) < 4.78 is 99.1. The van der Waals surface area contributed by atoms with Gasteiger partial charge in [0.15, 0.2) is 0 Å². The van der Waals surface area contributed by atoms with E-state index in [0.29, 0.717) is 0 Å². The van der Waals surface area contributed by atoms with Gasteiger partial charge in [-0.25, -0.2) is 0 Å². The molecular formula is C24H60O16Si5. The predicted molar refractivity (Wildman–Crippen MR) is 173 cm³/mol. The van der Waals surface area contributed by atoms with Gasteiger partial charge in [-0.15, -0.1) is 0 Å². The molecule has 0 aromatic carbocycles. The van der Waals surface area contributed by atoms with Gasteiger partial charge >= 0.3 is 45.2 Å². The molecule has 0 aromatic heterocycles. The fourth-order valence-corrected chi connectivity index (χ4v) is 19.5. The third kappa shape index (κ3) is 15.3. The SMILES string of the molecule is CCO[Si](OCC)(OCC)O[Si](OCC)(OCC)O[Si](OCC)(OCC)O[Si](OCC)(OCC)O[Si](OCC)(OCC)OCC. The van der Waals surface area contributed by atoms with E-state index in [1.165, 1.54) is 0 Å². The molecule has 0 aliphatic heterocycles. The Hall–Kier alpha value is 0.444. The lowest BCUT2D eigenvalue weighted by molar-refractivity contribution is -0.0887. The summed E-state index contributed by atoms with van der Waals surface area (Å²) in [4.78, 5) is 0. The Bertz CT molecular complexity index is 627. The number of hydrogen-bond donors (Lipinski definition) is 0. The van der Waals surface area contributed by atoms with E-state index in [2.05, 4.69) is 0 Å². The highest BCUT2D eigenvalue weighted by atomic mass is 28.5. The summed E-state index contributed by atoms with van der Waals surface area (Å²) >= 11 is 0. The van der Waals surface area contributed by atoms with Crippen molar-refractivity contribution in [3.05, 3.63) is 0 Å². The molecule has 45 heavy (non-hydrogen) atoms. The van der Waals surface area contributed by atoms with E-state index in [1.54, 1.807) is 83.1 Å². The summed E-state index contributed by atoms with van der Waals surface area (Å²) in [6.07, 6.45) is 0. The minimum atomic E-state index is -4.47. The van der Waals surface area contributed by atoms with Gasteiger partial charge in [-0.3, -0.25) is 0 Å². The molecule has 0 aliphatic rings. The summed E-state index contributed by atoms with van der Waals surface area (Å²) in [6, 6.07) is 0. The van der Waals surface area contributed by atoms with E-state index in [0.717, 1.165) is 0 Å². The average Bonchev–Trinajstić information content (AvgIpc) is 2.94. The van der Waals surface area contributed by atoms with E-state index in [-0.39, 0.29) is 79.3 Å². The molecular weight excluding hydrogens is 685 g/mol. The molecule has 0 saturated carbocycles. The van der Waals surface area contributed by atoms with Crippen molar-refractivity contribution >= 4 is 45.2 Å². The quantitative estimate of drug-likeness (QED) is 0.0922. The molecule has 0 heterocycles. The van der Waals surface area contributed by atoms with Crippen LogP contribution in [0.2, 0.25) is 0 Å². The molecule has 0 rings (SSSR count). The highest BCUT2D eigenvalue weighted by Crippen LogP contribution is 2.32. The maximum absolute atomic E-state index is 6.65. The fourth-order valence-electron chi connectivity index (χ4n) is 3.70. The van der Waals surface area contributed by atoms with E-state index in [9.17, 15) is 0 Å². The molecule has 0 unspecified atom stereocenters. The van der Waals surface area contributed by atoms with Crippen molar-refractivity contribution < 1.29 is 69.6 Å². The lowest BCUT2D eigenvalue weighted by atomic mass is 10.9. The van der Waals surface area contributed by atoms with Crippen LogP contribution >= 0.6 is 0 Å². The van der Waals surface area contributed by atoms with E-state index >= 15 is 0 Å². The molecule has 0 amide bonds. The topological polar surface area (TPSA) is 148 Å². The minimum Gasteiger partial charge on any atom is -0.352 e. The first kappa shape index (κ1) is 45.4. The zero-order valence-corrected chi connectivity index (χ0v) is 34.5. The second kappa shape index (κ2) is 24.6. The Morgan fingerprint density at radius 2 is 0.311 bits per heavy atom. The van der Waals surface area contributed by atoms with E-state index < -0.39 is 45.2 Å². The third-order valence-corrected chi connectivity index (χ3v) is 20.6. The van der Waals surface area contributed by atoms with Crippen LogP contribution in [0.25, 0.3) is 0 Å². The first-order chi connectivity index (χ1) is 21.6. The Morgan fingerprint density at radius 3 is 0.444 bits per heavy atom. The van der Waals surface area contributed by atoms with Crippen LogP contribution in [0.5, 0.6) is 0 Å². The van der Waals surface area contributed by atoms with Crippen molar-refractivity contribution in [2.45, 2.75) is 83.1 Å². The Morgan fingerprint density at radius 1 is 0.200 bits per heavy atom. The molecule has 0 bridgehead atoms. The lowest BCUT2D eigenvalue weighted by Crippen LogP contribution is -2.72.